The summed E-state index contributed by atoms with van der Waals surface area (Å²) in [6, 6.07) is 0. The second-order valence-electron chi connectivity index (χ2n) is 9.86. The predicted octanol–water partition coefficient (Wildman–Crippen LogP) is 5.86. The summed E-state index contributed by atoms with van der Waals surface area (Å²) in [6.07, 6.45) is 3.76. The standard InChI is InChI=1S/C16H37OSi4/c1-14-12-13-16(15(14)2)17-21(18(3,4)5,19(6,7)8)20(9,10)11/h12-13H2,1-11H3. The molecule has 1 rings (SSSR count). The molecule has 21 heavy (non-hydrogen) atoms. The Hall–Kier alpha value is 0.568. The van der Waals surface area contributed by atoms with Gasteiger partial charge in [-0.05, 0) is 32.3 Å². The first-order valence-electron chi connectivity index (χ1n) is 8.37. The van der Waals surface area contributed by atoms with Crippen molar-refractivity contribution >= 4 is 29.6 Å². The fraction of sp³-hybridized carbons (Fsp3) is 0.812. The molecule has 1 aliphatic rings. The first kappa shape index (κ1) is 19.6. The Morgan fingerprint density at radius 2 is 1.05 bits per heavy atom. The molecule has 123 valence electrons. The second-order valence-corrected chi connectivity index (χ2v) is 49.3. The van der Waals surface area contributed by atoms with Crippen LogP contribution < -0.4 is 0 Å². The maximum atomic E-state index is 7.26. The third-order valence-electron chi connectivity index (χ3n) is 5.23. The Kier molecular flexibility index (Phi) is 5.50. The zero-order chi connectivity index (χ0) is 16.9. The Balaban J connectivity index is 3.39. The number of rotatable bonds is 5. The molecule has 0 aromatic rings. The van der Waals surface area contributed by atoms with E-state index < -0.39 is 29.6 Å². The Labute approximate surface area is 137 Å². The molecule has 0 saturated heterocycles. The summed E-state index contributed by atoms with van der Waals surface area (Å²) < 4.78 is 7.26. The Morgan fingerprint density at radius 3 is 1.29 bits per heavy atom. The van der Waals surface area contributed by atoms with Crippen LogP contribution in [0.25, 0.3) is 0 Å². The van der Waals surface area contributed by atoms with Crippen LogP contribution in [0.3, 0.4) is 0 Å². The SMILES string of the molecule is CC1=C(C)[C](O[Si]([Si](C)(C)C)([Si](C)(C)C)[Si](C)(C)C)CC1. The van der Waals surface area contributed by atoms with E-state index in [-0.39, 0.29) is 0 Å². The van der Waals surface area contributed by atoms with E-state index in [4.69, 9.17) is 4.43 Å². The average Bonchev–Trinajstić information content (AvgIpc) is 2.51. The molecule has 0 aromatic heterocycles. The van der Waals surface area contributed by atoms with Crippen molar-refractivity contribution in [2.75, 3.05) is 0 Å². The third-order valence-corrected chi connectivity index (χ3v) is 72.5. The van der Waals surface area contributed by atoms with Gasteiger partial charge in [0.05, 0.1) is 22.8 Å². The van der Waals surface area contributed by atoms with Crippen LogP contribution in [0.4, 0.5) is 0 Å². The van der Waals surface area contributed by atoms with E-state index in [1.165, 1.54) is 18.1 Å². The van der Waals surface area contributed by atoms with E-state index >= 15 is 0 Å². The van der Waals surface area contributed by atoms with Crippen molar-refractivity contribution in [2.24, 2.45) is 0 Å². The molecule has 0 amide bonds. The highest BCUT2D eigenvalue weighted by atomic mass is 29.9. The van der Waals surface area contributed by atoms with Gasteiger partial charge in [0.2, 0.25) is 0 Å². The van der Waals surface area contributed by atoms with Gasteiger partial charge in [-0.2, -0.15) is 0 Å². The van der Waals surface area contributed by atoms with Crippen molar-refractivity contribution in [1.29, 1.82) is 0 Å². The molecule has 0 unspecified atom stereocenters. The summed E-state index contributed by atoms with van der Waals surface area (Å²) in [4.78, 5) is 0. The number of allylic oxidation sites excluding steroid dienone is 1. The summed E-state index contributed by atoms with van der Waals surface area (Å²) in [6.45, 7) is 26.2. The lowest BCUT2D eigenvalue weighted by Crippen LogP contribution is -2.84. The molecule has 0 spiro atoms. The quantitative estimate of drug-likeness (QED) is 0.560. The fourth-order valence-corrected chi connectivity index (χ4v) is 98.2. The van der Waals surface area contributed by atoms with Gasteiger partial charge in [0.1, 0.15) is 6.10 Å². The minimum Gasteiger partial charge on any atom is -0.414 e. The second kappa shape index (κ2) is 5.89. The molecule has 0 N–H and O–H groups in total. The lowest BCUT2D eigenvalue weighted by atomic mass is 10.2. The third kappa shape index (κ3) is 3.41. The topological polar surface area (TPSA) is 9.23 Å². The van der Waals surface area contributed by atoms with Gasteiger partial charge >= 0.3 is 0 Å². The van der Waals surface area contributed by atoms with Gasteiger partial charge in [-0.3, -0.25) is 0 Å². The molecular weight excluding hydrogens is 321 g/mol. The molecule has 0 bridgehead atoms. The van der Waals surface area contributed by atoms with Crippen LogP contribution in [-0.2, 0) is 4.43 Å². The molecule has 1 aliphatic carbocycles. The lowest BCUT2D eigenvalue weighted by Gasteiger charge is -2.57. The van der Waals surface area contributed by atoms with Crippen LogP contribution in [0.1, 0.15) is 26.7 Å². The van der Waals surface area contributed by atoms with Crippen molar-refractivity contribution in [3.8, 4) is 0 Å². The van der Waals surface area contributed by atoms with Crippen molar-refractivity contribution < 1.29 is 4.43 Å². The summed E-state index contributed by atoms with van der Waals surface area (Å²) in [5.41, 5.74) is 3.02. The minimum absolute atomic E-state index is 1.16. The summed E-state index contributed by atoms with van der Waals surface area (Å²) in [5.74, 6) is 0. The predicted molar refractivity (Wildman–Crippen MR) is 108 cm³/mol. The molecule has 0 saturated carbocycles. The molecule has 1 nitrogen and oxygen atoms in total. The Morgan fingerprint density at radius 1 is 0.667 bits per heavy atom. The number of hydrogen-bond donors (Lipinski definition) is 0. The highest BCUT2D eigenvalue weighted by molar-refractivity contribution is 7.87. The van der Waals surface area contributed by atoms with E-state index in [1.54, 1.807) is 5.57 Å². The highest BCUT2D eigenvalue weighted by Crippen LogP contribution is 2.44. The smallest absolute Gasteiger partial charge is 0.159 e. The van der Waals surface area contributed by atoms with E-state index in [1.807, 2.05) is 0 Å². The first-order valence-corrected chi connectivity index (χ1v) is 23.8. The largest absolute Gasteiger partial charge is 0.414 e. The molecule has 0 atom stereocenters. The van der Waals surface area contributed by atoms with Crippen molar-refractivity contribution in [3.63, 3.8) is 0 Å². The van der Waals surface area contributed by atoms with Crippen molar-refractivity contribution in [2.45, 2.75) is 85.6 Å². The average molecular weight is 358 g/mol. The monoisotopic (exact) mass is 357 g/mol. The Bertz CT molecular complexity index is 385. The zero-order valence-corrected chi connectivity index (χ0v) is 20.3. The van der Waals surface area contributed by atoms with Crippen molar-refractivity contribution in [3.05, 3.63) is 17.3 Å². The highest BCUT2D eigenvalue weighted by Gasteiger charge is 2.64. The summed E-state index contributed by atoms with van der Waals surface area (Å²) >= 11 is 0. The van der Waals surface area contributed by atoms with Crippen molar-refractivity contribution in [1.82, 2.24) is 0 Å². The van der Waals surface area contributed by atoms with Gasteiger partial charge in [-0.15, -0.1) is 0 Å². The molecule has 0 aliphatic heterocycles. The summed E-state index contributed by atoms with van der Waals surface area (Å²) in [5, 5.41) is 0. The lowest BCUT2D eigenvalue weighted by molar-refractivity contribution is 0.353. The molecule has 0 aromatic carbocycles. The van der Waals surface area contributed by atoms with E-state index in [9.17, 15) is 0 Å². The van der Waals surface area contributed by atoms with Crippen LogP contribution in [-0.4, -0.2) is 29.6 Å². The normalized spacial score (nSPS) is 19.6. The maximum Gasteiger partial charge on any atom is 0.159 e. The van der Waals surface area contributed by atoms with Crippen LogP contribution in [0.2, 0.25) is 58.9 Å². The van der Waals surface area contributed by atoms with Crippen LogP contribution in [0.15, 0.2) is 11.1 Å². The molecule has 5 heteroatoms. The van der Waals surface area contributed by atoms with E-state index in [0.29, 0.717) is 0 Å². The summed E-state index contributed by atoms with van der Waals surface area (Å²) in [7, 11) is -3.99. The van der Waals surface area contributed by atoms with Gasteiger partial charge < -0.3 is 4.43 Å². The minimum atomic E-state index is -1.69. The molecule has 1 radical (unpaired) electrons. The molecular formula is C16H37OSi4. The molecule has 0 fully saturated rings. The van der Waals surface area contributed by atoms with Gasteiger partial charge in [-0.1, -0.05) is 64.5 Å². The maximum absolute atomic E-state index is 7.26. The van der Waals surface area contributed by atoms with Gasteiger partial charge in [0.25, 0.3) is 0 Å². The van der Waals surface area contributed by atoms with Crippen LogP contribution in [0, 0.1) is 6.10 Å². The van der Waals surface area contributed by atoms with Crippen LogP contribution >= 0.6 is 0 Å². The van der Waals surface area contributed by atoms with Gasteiger partial charge in [0.15, 0.2) is 6.87 Å². The van der Waals surface area contributed by atoms with Crippen LogP contribution in [0.5, 0.6) is 0 Å². The van der Waals surface area contributed by atoms with E-state index in [0.717, 1.165) is 6.42 Å². The van der Waals surface area contributed by atoms with Gasteiger partial charge in [0, 0.05) is 0 Å². The molecule has 0 heterocycles. The number of hydrogen-bond acceptors (Lipinski definition) is 1. The zero-order valence-electron chi connectivity index (χ0n) is 16.3. The first-order chi connectivity index (χ1) is 9.15. The fourth-order valence-electron chi connectivity index (χ4n) is 5.06. The van der Waals surface area contributed by atoms with E-state index in [2.05, 4.69) is 72.8 Å². The van der Waals surface area contributed by atoms with Gasteiger partial charge in [-0.25, -0.2) is 0 Å².